The molecule has 2 N–H and O–H groups in total. The van der Waals surface area contributed by atoms with Crippen LogP contribution in [0.5, 0.6) is 0 Å². The maximum absolute atomic E-state index is 13.0. The van der Waals surface area contributed by atoms with Gasteiger partial charge in [-0.05, 0) is 62.2 Å². The van der Waals surface area contributed by atoms with Gasteiger partial charge < -0.3 is 15.5 Å². The molecule has 3 aromatic rings. The number of likely N-dealkylation sites (N-methyl/N-ethyl adjacent to an activating group) is 1. The molecule has 0 saturated heterocycles. The summed E-state index contributed by atoms with van der Waals surface area (Å²) in [6.45, 7) is 5.54. The van der Waals surface area contributed by atoms with Crippen molar-refractivity contribution >= 4 is 29.0 Å². The SMILES string of the molecule is Cc1cc(C)c(NC(=O)CN(C)C(=O)c2cccnc2Nc2cccc(C(F)(F)F)c2)c(C)c1. The summed E-state index contributed by atoms with van der Waals surface area (Å²) in [6.07, 6.45) is -3.08. The summed E-state index contributed by atoms with van der Waals surface area (Å²) in [5.74, 6) is -0.790. The fourth-order valence-corrected chi connectivity index (χ4v) is 3.64. The minimum Gasteiger partial charge on any atom is -0.340 e. The van der Waals surface area contributed by atoms with Crippen LogP contribution >= 0.6 is 0 Å². The number of aromatic nitrogens is 1. The number of hydrogen-bond donors (Lipinski definition) is 2. The third kappa shape index (κ3) is 5.92. The number of rotatable bonds is 6. The first-order chi connectivity index (χ1) is 16.0. The second kappa shape index (κ2) is 9.94. The number of hydrogen-bond acceptors (Lipinski definition) is 4. The van der Waals surface area contributed by atoms with Crippen LogP contribution in [0, 0.1) is 20.8 Å². The summed E-state index contributed by atoms with van der Waals surface area (Å²) in [6, 6.07) is 11.6. The van der Waals surface area contributed by atoms with Crippen molar-refractivity contribution in [1.29, 1.82) is 0 Å². The Labute approximate surface area is 195 Å². The smallest absolute Gasteiger partial charge is 0.340 e. The molecule has 0 aliphatic rings. The molecule has 1 aromatic heterocycles. The highest BCUT2D eigenvalue weighted by atomic mass is 19.4. The number of benzene rings is 2. The van der Waals surface area contributed by atoms with Gasteiger partial charge in [0.25, 0.3) is 5.91 Å². The highest BCUT2D eigenvalue weighted by Gasteiger charge is 2.30. The maximum Gasteiger partial charge on any atom is 0.416 e. The lowest BCUT2D eigenvalue weighted by molar-refractivity contribution is -0.137. The lowest BCUT2D eigenvalue weighted by Crippen LogP contribution is -2.35. The van der Waals surface area contributed by atoms with Gasteiger partial charge in [0.2, 0.25) is 5.91 Å². The number of carbonyl (C=O) groups excluding carboxylic acids is 2. The predicted molar refractivity (Wildman–Crippen MR) is 125 cm³/mol. The molecule has 178 valence electrons. The molecule has 0 unspecified atom stereocenters. The second-order valence-electron chi connectivity index (χ2n) is 8.09. The number of nitrogens with zero attached hydrogens (tertiary/aromatic N) is 2. The molecule has 3 rings (SSSR count). The van der Waals surface area contributed by atoms with E-state index in [1.165, 1.54) is 42.4 Å². The number of halogens is 3. The Hall–Kier alpha value is -3.88. The zero-order valence-electron chi connectivity index (χ0n) is 19.2. The zero-order valence-corrected chi connectivity index (χ0v) is 19.2. The van der Waals surface area contributed by atoms with Crippen molar-refractivity contribution in [3.05, 3.63) is 82.5 Å². The lowest BCUT2D eigenvalue weighted by Gasteiger charge is -2.20. The molecule has 2 aromatic carbocycles. The highest BCUT2D eigenvalue weighted by molar-refractivity contribution is 6.02. The van der Waals surface area contributed by atoms with Crippen molar-refractivity contribution in [1.82, 2.24) is 9.88 Å². The molecule has 0 radical (unpaired) electrons. The van der Waals surface area contributed by atoms with Crippen LogP contribution in [-0.4, -0.2) is 35.3 Å². The molecular weight excluding hydrogens is 445 g/mol. The first-order valence-corrected chi connectivity index (χ1v) is 10.5. The van der Waals surface area contributed by atoms with Gasteiger partial charge in [-0.1, -0.05) is 23.8 Å². The van der Waals surface area contributed by atoms with Gasteiger partial charge >= 0.3 is 6.18 Å². The molecule has 2 amide bonds. The molecule has 6 nitrogen and oxygen atoms in total. The summed E-state index contributed by atoms with van der Waals surface area (Å²) >= 11 is 0. The molecule has 0 spiro atoms. The molecular formula is C25H25F3N4O2. The summed E-state index contributed by atoms with van der Waals surface area (Å²) in [4.78, 5) is 31.0. The average molecular weight is 470 g/mol. The van der Waals surface area contributed by atoms with Crippen molar-refractivity contribution in [3.8, 4) is 0 Å². The Kier molecular flexibility index (Phi) is 7.24. The topological polar surface area (TPSA) is 74.3 Å². The van der Waals surface area contributed by atoms with Crippen LogP contribution < -0.4 is 10.6 Å². The maximum atomic E-state index is 13.0. The van der Waals surface area contributed by atoms with E-state index in [1.807, 2.05) is 32.9 Å². The van der Waals surface area contributed by atoms with Gasteiger partial charge in [-0.3, -0.25) is 9.59 Å². The fourth-order valence-electron chi connectivity index (χ4n) is 3.64. The van der Waals surface area contributed by atoms with E-state index in [1.54, 1.807) is 0 Å². The number of pyridine rings is 1. The zero-order chi connectivity index (χ0) is 25.0. The van der Waals surface area contributed by atoms with E-state index < -0.39 is 17.6 Å². The van der Waals surface area contributed by atoms with Crippen LogP contribution in [0.15, 0.2) is 54.7 Å². The molecule has 1 heterocycles. The molecule has 0 aliphatic heterocycles. The minimum absolute atomic E-state index is 0.0873. The summed E-state index contributed by atoms with van der Waals surface area (Å²) in [5, 5.41) is 5.62. The molecule has 0 atom stereocenters. The summed E-state index contributed by atoms with van der Waals surface area (Å²) < 4.78 is 39.1. The van der Waals surface area contributed by atoms with Crippen LogP contribution in [-0.2, 0) is 11.0 Å². The van der Waals surface area contributed by atoms with Gasteiger partial charge in [-0.25, -0.2) is 4.98 Å². The van der Waals surface area contributed by atoms with Crippen molar-refractivity contribution in [2.24, 2.45) is 0 Å². The predicted octanol–water partition coefficient (Wildman–Crippen LogP) is 5.48. The number of alkyl halides is 3. The standard InChI is InChI=1S/C25H25F3N4O2/c1-15-11-16(2)22(17(3)12-15)31-21(33)14-32(4)24(34)20-9-6-10-29-23(20)30-19-8-5-7-18(13-19)25(26,27)28/h5-13H,14H2,1-4H3,(H,29,30)(H,31,33). The molecule has 0 aliphatic carbocycles. The second-order valence-corrected chi connectivity index (χ2v) is 8.09. The van der Waals surface area contributed by atoms with E-state index in [4.69, 9.17) is 0 Å². The fraction of sp³-hybridized carbons (Fsp3) is 0.240. The number of carbonyl (C=O) groups is 2. The van der Waals surface area contributed by atoms with Crippen molar-refractivity contribution in [2.75, 3.05) is 24.2 Å². The van der Waals surface area contributed by atoms with E-state index in [2.05, 4.69) is 15.6 Å². The first kappa shape index (κ1) is 24.8. The Morgan fingerprint density at radius 3 is 2.32 bits per heavy atom. The normalized spacial score (nSPS) is 11.1. The average Bonchev–Trinajstić information content (AvgIpc) is 2.75. The Morgan fingerprint density at radius 1 is 1.00 bits per heavy atom. The molecule has 0 fully saturated rings. The van der Waals surface area contributed by atoms with Gasteiger partial charge in [0, 0.05) is 24.6 Å². The van der Waals surface area contributed by atoms with E-state index in [-0.39, 0.29) is 29.5 Å². The van der Waals surface area contributed by atoms with Crippen LogP contribution in [0.1, 0.15) is 32.6 Å². The minimum atomic E-state index is -4.50. The third-order valence-electron chi connectivity index (χ3n) is 5.16. The highest BCUT2D eigenvalue weighted by Crippen LogP contribution is 2.31. The molecule has 34 heavy (non-hydrogen) atoms. The molecule has 0 bridgehead atoms. The van der Waals surface area contributed by atoms with E-state index in [0.29, 0.717) is 5.69 Å². The first-order valence-electron chi connectivity index (χ1n) is 10.5. The third-order valence-corrected chi connectivity index (χ3v) is 5.16. The Balaban J connectivity index is 1.75. The van der Waals surface area contributed by atoms with Crippen LogP contribution in [0.2, 0.25) is 0 Å². The molecule has 0 saturated carbocycles. The number of aryl methyl sites for hydroxylation is 3. The van der Waals surface area contributed by atoms with Gasteiger partial charge in [-0.15, -0.1) is 0 Å². The van der Waals surface area contributed by atoms with Crippen molar-refractivity contribution < 1.29 is 22.8 Å². The van der Waals surface area contributed by atoms with Crippen molar-refractivity contribution in [3.63, 3.8) is 0 Å². The summed E-state index contributed by atoms with van der Waals surface area (Å²) in [5.41, 5.74) is 3.05. The Bertz CT molecular complexity index is 1200. The monoisotopic (exact) mass is 470 g/mol. The van der Waals surface area contributed by atoms with Crippen molar-refractivity contribution in [2.45, 2.75) is 26.9 Å². The van der Waals surface area contributed by atoms with Gasteiger partial charge in [0.05, 0.1) is 17.7 Å². The quantitative estimate of drug-likeness (QED) is 0.500. The van der Waals surface area contributed by atoms with Gasteiger partial charge in [-0.2, -0.15) is 13.2 Å². The van der Waals surface area contributed by atoms with E-state index in [0.717, 1.165) is 28.8 Å². The number of amides is 2. The van der Waals surface area contributed by atoms with Gasteiger partial charge in [0.1, 0.15) is 5.82 Å². The number of nitrogens with one attached hydrogen (secondary N) is 2. The Morgan fingerprint density at radius 2 is 1.68 bits per heavy atom. The van der Waals surface area contributed by atoms with Crippen LogP contribution in [0.25, 0.3) is 0 Å². The van der Waals surface area contributed by atoms with E-state index >= 15 is 0 Å². The van der Waals surface area contributed by atoms with E-state index in [9.17, 15) is 22.8 Å². The van der Waals surface area contributed by atoms with Crippen LogP contribution in [0.4, 0.5) is 30.4 Å². The molecule has 9 heteroatoms. The number of anilines is 3. The summed E-state index contributed by atoms with van der Waals surface area (Å²) in [7, 11) is 1.47. The van der Waals surface area contributed by atoms with Crippen LogP contribution in [0.3, 0.4) is 0 Å². The van der Waals surface area contributed by atoms with Gasteiger partial charge in [0.15, 0.2) is 0 Å². The largest absolute Gasteiger partial charge is 0.416 e. The lowest BCUT2D eigenvalue weighted by atomic mass is 10.1.